The van der Waals surface area contributed by atoms with Gasteiger partial charge in [-0.15, -0.1) is 0 Å². The lowest BCUT2D eigenvalue weighted by atomic mass is 9.91. The Hall–Kier alpha value is -2.66. The molecule has 0 saturated carbocycles. The van der Waals surface area contributed by atoms with E-state index in [0.29, 0.717) is 12.2 Å². The third kappa shape index (κ3) is 2.99. The first-order valence-corrected chi connectivity index (χ1v) is 7.00. The Morgan fingerprint density at radius 2 is 2.00 bits per heavy atom. The molecular weight excluding hydrogens is 282 g/mol. The molecule has 1 heterocycles. The number of hydrogen-bond donors (Lipinski definition) is 1. The molecule has 0 bridgehead atoms. The molecule has 1 aliphatic rings. The first-order chi connectivity index (χ1) is 10.6. The summed E-state index contributed by atoms with van der Waals surface area (Å²) in [5, 5.41) is 20.7. The molecule has 112 valence electrons. The quantitative estimate of drug-likeness (QED) is 0.695. The maximum Gasteiger partial charge on any atom is 0.269 e. The van der Waals surface area contributed by atoms with Crippen LogP contribution in [0.5, 0.6) is 5.75 Å². The molecule has 1 aliphatic heterocycles. The summed E-state index contributed by atoms with van der Waals surface area (Å²) in [6.45, 7) is 0. The van der Waals surface area contributed by atoms with Crippen LogP contribution in [0.3, 0.4) is 0 Å². The normalized spacial score (nSPS) is 20.4. The van der Waals surface area contributed by atoms with E-state index in [1.165, 1.54) is 12.1 Å². The minimum atomic E-state index is -0.903. The molecule has 1 unspecified atom stereocenters. The maximum atomic E-state index is 10.9. The number of ether oxygens (including phenoxy) is 1. The SMILES string of the molecule is O=[N+]([O-])c1ccc2c(c1)[C@H](/C=C/c1ccccc1)CC(O)O2. The number of allylic oxidation sites excluding steroid dienone is 1. The van der Waals surface area contributed by atoms with Gasteiger partial charge in [-0.25, -0.2) is 0 Å². The summed E-state index contributed by atoms with van der Waals surface area (Å²) in [6.07, 6.45) is 3.37. The van der Waals surface area contributed by atoms with Gasteiger partial charge in [0.05, 0.1) is 4.92 Å². The Morgan fingerprint density at radius 1 is 1.23 bits per heavy atom. The van der Waals surface area contributed by atoms with Crippen molar-refractivity contribution in [3.63, 3.8) is 0 Å². The van der Waals surface area contributed by atoms with E-state index < -0.39 is 11.2 Å². The second kappa shape index (κ2) is 5.99. The number of benzene rings is 2. The van der Waals surface area contributed by atoms with Gasteiger partial charge in [-0.3, -0.25) is 10.1 Å². The average molecular weight is 297 g/mol. The number of aliphatic hydroxyl groups excluding tert-OH is 1. The lowest BCUT2D eigenvalue weighted by Crippen LogP contribution is -2.24. The van der Waals surface area contributed by atoms with E-state index in [0.717, 1.165) is 11.1 Å². The predicted octanol–water partition coefficient (Wildman–Crippen LogP) is 3.49. The zero-order valence-electron chi connectivity index (χ0n) is 11.8. The maximum absolute atomic E-state index is 10.9. The van der Waals surface area contributed by atoms with Crippen molar-refractivity contribution in [3.05, 3.63) is 75.8 Å². The molecule has 2 aromatic carbocycles. The van der Waals surface area contributed by atoms with Crippen molar-refractivity contribution in [2.45, 2.75) is 18.6 Å². The molecule has 22 heavy (non-hydrogen) atoms. The van der Waals surface area contributed by atoms with Crippen LogP contribution in [0.1, 0.15) is 23.5 Å². The van der Waals surface area contributed by atoms with Crippen LogP contribution >= 0.6 is 0 Å². The standard InChI is InChI=1S/C17H15NO4/c19-17-10-13(7-6-12-4-2-1-3-5-12)15-11-14(18(20)21)8-9-16(15)22-17/h1-9,11,13,17,19H,10H2/b7-6+/t13-,17?/m1/s1. The molecule has 5 nitrogen and oxygen atoms in total. The molecule has 0 aromatic heterocycles. The van der Waals surface area contributed by atoms with Crippen molar-refractivity contribution >= 4 is 11.8 Å². The summed E-state index contributed by atoms with van der Waals surface area (Å²) in [6, 6.07) is 14.2. The fourth-order valence-corrected chi connectivity index (χ4v) is 2.56. The number of rotatable bonds is 3. The van der Waals surface area contributed by atoms with Gasteiger partial charge >= 0.3 is 0 Å². The molecule has 1 N–H and O–H groups in total. The van der Waals surface area contributed by atoms with Gasteiger partial charge in [0.2, 0.25) is 0 Å². The summed E-state index contributed by atoms with van der Waals surface area (Å²) < 4.78 is 5.35. The number of aliphatic hydroxyl groups is 1. The third-order valence-electron chi connectivity index (χ3n) is 3.64. The van der Waals surface area contributed by atoms with Crippen LogP contribution in [0.2, 0.25) is 0 Å². The zero-order valence-corrected chi connectivity index (χ0v) is 11.8. The summed E-state index contributed by atoms with van der Waals surface area (Å²) in [5.41, 5.74) is 1.79. The lowest BCUT2D eigenvalue weighted by molar-refractivity contribution is -0.385. The minimum absolute atomic E-state index is 0.0249. The molecule has 0 aliphatic carbocycles. The number of nitro benzene ring substituents is 1. The van der Waals surface area contributed by atoms with Crippen LogP contribution in [-0.2, 0) is 0 Å². The van der Waals surface area contributed by atoms with Crippen LogP contribution in [0.4, 0.5) is 5.69 Å². The fraction of sp³-hybridized carbons (Fsp3) is 0.176. The summed E-state index contributed by atoms with van der Waals surface area (Å²) in [5.74, 6) is 0.367. The highest BCUT2D eigenvalue weighted by Gasteiger charge is 2.27. The van der Waals surface area contributed by atoms with Crippen LogP contribution in [0.25, 0.3) is 6.08 Å². The number of nitro groups is 1. The molecule has 0 radical (unpaired) electrons. The molecule has 0 saturated heterocycles. The fourth-order valence-electron chi connectivity index (χ4n) is 2.56. The Morgan fingerprint density at radius 3 is 2.73 bits per heavy atom. The first-order valence-electron chi connectivity index (χ1n) is 7.00. The van der Waals surface area contributed by atoms with Crippen molar-refractivity contribution < 1.29 is 14.8 Å². The van der Waals surface area contributed by atoms with Crippen molar-refractivity contribution in [1.82, 2.24) is 0 Å². The zero-order chi connectivity index (χ0) is 15.5. The highest BCUT2D eigenvalue weighted by Crippen LogP contribution is 2.38. The number of non-ortho nitro benzene ring substituents is 1. The van der Waals surface area contributed by atoms with Gasteiger partial charge < -0.3 is 9.84 Å². The van der Waals surface area contributed by atoms with Crippen molar-refractivity contribution in [1.29, 1.82) is 0 Å². The Bertz CT molecular complexity index is 712. The van der Waals surface area contributed by atoms with E-state index >= 15 is 0 Å². The topological polar surface area (TPSA) is 72.6 Å². The van der Waals surface area contributed by atoms with E-state index in [2.05, 4.69) is 0 Å². The van der Waals surface area contributed by atoms with Gasteiger partial charge in [-0.05, 0) is 11.6 Å². The Labute approximate surface area is 127 Å². The number of nitrogens with zero attached hydrogens (tertiary/aromatic N) is 1. The van der Waals surface area contributed by atoms with Gasteiger partial charge in [0.15, 0.2) is 6.29 Å². The smallest absolute Gasteiger partial charge is 0.269 e. The van der Waals surface area contributed by atoms with Crippen LogP contribution in [0.15, 0.2) is 54.6 Å². The molecular formula is C17H15NO4. The molecule has 2 atom stereocenters. The van der Waals surface area contributed by atoms with Crippen LogP contribution in [-0.4, -0.2) is 16.3 Å². The first kappa shape index (κ1) is 14.3. The van der Waals surface area contributed by atoms with E-state index in [9.17, 15) is 15.2 Å². The summed E-state index contributed by atoms with van der Waals surface area (Å²) in [7, 11) is 0. The molecule has 2 aromatic rings. The Kier molecular flexibility index (Phi) is 3.89. The van der Waals surface area contributed by atoms with Crippen molar-refractivity contribution in [3.8, 4) is 5.75 Å². The van der Waals surface area contributed by atoms with Gasteiger partial charge in [-0.2, -0.15) is 0 Å². The van der Waals surface area contributed by atoms with E-state index in [4.69, 9.17) is 4.74 Å². The van der Waals surface area contributed by atoms with E-state index in [1.807, 2.05) is 42.5 Å². The summed E-state index contributed by atoms with van der Waals surface area (Å²) in [4.78, 5) is 10.5. The van der Waals surface area contributed by atoms with Crippen LogP contribution < -0.4 is 4.74 Å². The lowest BCUT2D eigenvalue weighted by Gasteiger charge is -2.27. The van der Waals surface area contributed by atoms with E-state index in [1.54, 1.807) is 6.07 Å². The number of hydrogen-bond acceptors (Lipinski definition) is 4. The predicted molar refractivity (Wildman–Crippen MR) is 82.6 cm³/mol. The second-order valence-electron chi connectivity index (χ2n) is 5.16. The molecule has 0 amide bonds. The van der Waals surface area contributed by atoms with Crippen LogP contribution in [0, 0.1) is 10.1 Å². The van der Waals surface area contributed by atoms with Gasteiger partial charge in [0.1, 0.15) is 5.75 Å². The Balaban J connectivity index is 1.94. The van der Waals surface area contributed by atoms with Crippen molar-refractivity contribution in [2.75, 3.05) is 0 Å². The van der Waals surface area contributed by atoms with Crippen molar-refractivity contribution in [2.24, 2.45) is 0 Å². The molecule has 5 heteroatoms. The minimum Gasteiger partial charge on any atom is -0.465 e. The van der Waals surface area contributed by atoms with Gasteiger partial charge in [-0.1, -0.05) is 42.5 Å². The number of fused-ring (bicyclic) bond motifs is 1. The van der Waals surface area contributed by atoms with Gasteiger partial charge in [0.25, 0.3) is 5.69 Å². The highest BCUT2D eigenvalue weighted by atomic mass is 16.6. The van der Waals surface area contributed by atoms with Gasteiger partial charge in [0, 0.05) is 30.0 Å². The third-order valence-corrected chi connectivity index (χ3v) is 3.64. The second-order valence-corrected chi connectivity index (χ2v) is 5.16. The molecule has 0 spiro atoms. The van der Waals surface area contributed by atoms with E-state index in [-0.39, 0.29) is 11.6 Å². The largest absolute Gasteiger partial charge is 0.465 e. The average Bonchev–Trinajstić information content (AvgIpc) is 2.53. The summed E-state index contributed by atoms with van der Waals surface area (Å²) >= 11 is 0. The monoisotopic (exact) mass is 297 g/mol. The molecule has 3 rings (SSSR count). The highest BCUT2D eigenvalue weighted by molar-refractivity contribution is 5.54. The molecule has 0 fully saturated rings.